The molecule has 0 aromatic heterocycles. The molecule has 1 aromatic rings. The van der Waals surface area contributed by atoms with Crippen LogP contribution in [0.4, 0.5) is 13.2 Å². The average molecular weight is 211 g/mol. The van der Waals surface area contributed by atoms with Gasteiger partial charge < -0.3 is 4.74 Å². The Morgan fingerprint density at radius 2 is 1.69 bits per heavy atom. The molecule has 0 aliphatic rings. The fraction of sp³-hybridized carbons (Fsp3) is 0.250. The van der Waals surface area contributed by atoms with Crippen molar-refractivity contribution in [1.82, 2.24) is 0 Å². The largest absolute Gasteiger partial charge is 0.478 e. The van der Waals surface area contributed by atoms with Crippen LogP contribution in [0.15, 0.2) is 24.3 Å². The molecule has 0 unspecified atom stereocenters. The van der Waals surface area contributed by atoms with Crippen molar-refractivity contribution in [2.24, 2.45) is 0 Å². The zero-order valence-corrected chi connectivity index (χ0v) is 7.19. The Bertz CT molecular complexity index is 268. The number of benzene rings is 1. The Morgan fingerprint density at radius 3 is 2.08 bits per heavy atom. The van der Waals surface area contributed by atoms with Gasteiger partial charge >= 0.3 is 6.18 Å². The second kappa shape index (κ2) is 3.87. The zero-order valence-electron chi connectivity index (χ0n) is 6.44. The summed E-state index contributed by atoms with van der Waals surface area (Å²) in [4.78, 5) is 0. The second-order valence-electron chi connectivity index (χ2n) is 2.28. The van der Waals surface area contributed by atoms with Crippen LogP contribution < -0.4 is 4.74 Å². The Hall–Kier alpha value is -0.900. The normalized spacial score (nSPS) is 11.4. The van der Waals surface area contributed by atoms with Crippen molar-refractivity contribution in [2.75, 3.05) is 6.07 Å². The third-order valence-electron chi connectivity index (χ3n) is 1.40. The second-order valence-corrected chi connectivity index (χ2v) is 2.49. The van der Waals surface area contributed by atoms with E-state index in [0.717, 1.165) is 12.1 Å². The smallest absolute Gasteiger partial charge is 0.416 e. The van der Waals surface area contributed by atoms with Crippen LogP contribution >= 0.6 is 11.6 Å². The van der Waals surface area contributed by atoms with Gasteiger partial charge in [0.15, 0.2) is 6.07 Å². The molecular weight excluding hydrogens is 205 g/mol. The number of hydrogen-bond donors (Lipinski definition) is 0. The molecule has 0 spiro atoms. The first-order chi connectivity index (χ1) is 6.04. The predicted octanol–water partition coefficient (Wildman–Crippen LogP) is 3.28. The molecule has 1 aromatic carbocycles. The highest BCUT2D eigenvalue weighted by Gasteiger charge is 2.29. The first-order valence-electron chi connectivity index (χ1n) is 3.40. The number of rotatable bonds is 2. The minimum absolute atomic E-state index is 0.0780. The molecule has 5 heteroatoms. The maximum atomic E-state index is 12.0. The topological polar surface area (TPSA) is 9.23 Å². The molecule has 0 radical (unpaired) electrons. The Labute approximate surface area is 78.1 Å². The Kier molecular flexibility index (Phi) is 3.03. The summed E-state index contributed by atoms with van der Waals surface area (Å²) >= 11 is 5.22. The van der Waals surface area contributed by atoms with Crippen LogP contribution in [-0.4, -0.2) is 6.07 Å². The van der Waals surface area contributed by atoms with Gasteiger partial charge in [-0.15, -0.1) is 0 Å². The first-order valence-corrected chi connectivity index (χ1v) is 3.93. The van der Waals surface area contributed by atoms with Gasteiger partial charge in [-0.1, -0.05) is 11.6 Å². The van der Waals surface area contributed by atoms with Gasteiger partial charge in [-0.25, -0.2) is 0 Å². The molecule has 72 valence electrons. The summed E-state index contributed by atoms with van der Waals surface area (Å²) in [7, 11) is 0. The molecule has 1 nitrogen and oxygen atoms in total. The molecule has 0 atom stereocenters. The van der Waals surface area contributed by atoms with E-state index < -0.39 is 11.7 Å². The molecule has 0 aliphatic carbocycles. The van der Waals surface area contributed by atoms with Gasteiger partial charge in [0, 0.05) is 0 Å². The molecule has 0 saturated heterocycles. The molecule has 0 aliphatic heterocycles. The fourth-order valence-corrected chi connectivity index (χ4v) is 0.929. The number of hydrogen-bond acceptors (Lipinski definition) is 1. The van der Waals surface area contributed by atoms with Crippen LogP contribution in [0.3, 0.4) is 0 Å². The van der Waals surface area contributed by atoms with E-state index in [1.54, 1.807) is 0 Å². The molecule has 1 rings (SSSR count). The van der Waals surface area contributed by atoms with Crippen molar-refractivity contribution in [1.29, 1.82) is 0 Å². The van der Waals surface area contributed by atoms with Crippen LogP contribution in [0.2, 0.25) is 0 Å². The monoisotopic (exact) mass is 210 g/mol. The molecule has 0 saturated carbocycles. The van der Waals surface area contributed by atoms with Crippen LogP contribution in [0.25, 0.3) is 0 Å². The van der Waals surface area contributed by atoms with Crippen molar-refractivity contribution in [3.63, 3.8) is 0 Å². The van der Waals surface area contributed by atoms with Crippen molar-refractivity contribution in [3.8, 4) is 5.75 Å². The molecule has 0 amide bonds. The summed E-state index contributed by atoms with van der Waals surface area (Å²) in [5, 5.41) is 0. The lowest BCUT2D eigenvalue weighted by molar-refractivity contribution is -0.137. The lowest BCUT2D eigenvalue weighted by atomic mass is 10.2. The molecule has 13 heavy (non-hydrogen) atoms. The van der Waals surface area contributed by atoms with Crippen molar-refractivity contribution in [2.45, 2.75) is 6.18 Å². The Balaban J connectivity index is 2.81. The van der Waals surface area contributed by atoms with Gasteiger partial charge in [0.2, 0.25) is 0 Å². The lowest BCUT2D eigenvalue weighted by Crippen LogP contribution is -2.04. The van der Waals surface area contributed by atoms with E-state index in [9.17, 15) is 13.2 Å². The van der Waals surface area contributed by atoms with Gasteiger partial charge in [0.1, 0.15) is 5.75 Å². The molecule has 0 heterocycles. The SMILES string of the molecule is FC(F)(F)c1ccc(OCCl)cc1. The van der Waals surface area contributed by atoms with E-state index in [4.69, 9.17) is 16.3 Å². The van der Waals surface area contributed by atoms with Crippen LogP contribution in [0, 0.1) is 0 Å². The minimum Gasteiger partial charge on any atom is -0.478 e. The number of alkyl halides is 4. The maximum Gasteiger partial charge on any atom is 0.416 e. The highest BCUT2D eigenvalue weighted by Crippen LogP contribution is 2.30. The van der Waals surface area contributed by atoms with E-state index in [1.165, 1.54) is 12.1 Å². The van der Waals surface area contributed by atoms with E-state index in [2.05, 4.69) is 0 Å². The summed E-state index contributed by atoms with van der Waals surface area (Å²) in [6, 6.07) is 4.27. The highest BCUT2D eigenvalue weighted by atomic mass is 35.5. The minimum atomic E-state index is -4.31. The van der Waals surface area contributed by atoms with Crippen molar-refractivity contribution < 1.29 is 17.9 Å². The molecule has 0 bridgehead atoms. The van der Waals surface area contributed by atoms with E-state index >= 15 is 0 Å². The van der Waals surface area contributed by atoms with Crippen LogP contribution in [-0.2, 0) is 6.18 Å². The zero-order chi connectivity index (χ0) is 9.90. The standard InChI is InChI=1S/C8H6ClF3O/c9-5-13-7-3-1-6(2-4-7)8(10,11)12/h1-4H,5H2. The van der Waals surface area contributed by atoms with Gasteiger partial charge in [0.05, 0.1) is 5.56 Å². The van der Waals surface area contributed by atoms with Crippen LogP contribution in [0.5, 0.6) is 5.75 Å². The van der Waals surface area contributed by atoms with Gasteiger partial charge in [0.25, 0.3) is 0 Å². The summed E-state index contributed by atoms with van der Waals surface area (Å²) < 4.78 is 40.9. The average Bonchev–Trinajstić information content (AvgIpc) is 2.04. The quantitative estimate of drug-likeness (QED) is 0.681. The molecule has 0 fully saturated rings. The summed E-state index contributed by atoms with van der Waals surface area (Å²) in [5.74, 6) is 0.322. The summed E-state index contributed by atoms with van der Waals surface area (Å²) in [6.07, 6.45) is -4.31. The van der Waals surface area contributed by atoms with E-state index in [0.29, 0.717) is 5.75 Å². The Morgan fingerprint density at radius 1 is 1.15 bits per heavy atom. The number of halogens is 4. The molecule has 0 N–H and O–H groups in total. The van der Waals surface area contributed by atoms with Gasteiger partial charge in [-0.3, -0.25) is 0 Å². The summed E-state index contributed by atoms with van der Waals surface area (Å²) in [5.41, 5.74) is -0.700. The molecular formula is C8H6ClF3O. The third-order valence-corrected chi connectivity index (χ3v) is 1.51. The van der Waals surface area contributed by atoms with Gasteiger partial charge in [-0.2, -0.15) is 13.2 Å². The van der Waals surface area contributed by atoms with E-state index in [-0.39, 0.29) is 6.07 Å². The first kappa shape index (κ1) is 10.2. The summed E-state index contributed by atoms with van der Waals surface area (Å²) in [6.45, 7) is 0. The lowest BCUT2D eigenvalue weighted by Gasteiger charge is -2.07. The third kappa shape index (κ3) is 2.81. The van der Waals surface area contributed by atoms with Gasteiger partial charge in [-0.05, 0) is 24.3 Å². The van der Waals surface area contributed by atoms with E-state index in [1.807, 2.05) is 0 Å². The number of ether oxygens (including phenoxy) is 1. The maximum absolute atomic E-state index is 12.0. The van der Waals surface area contributed by atoms with Crippen molar-refractivity contribution >= 4 is 11.6 Å². The highest BCUT2D eigenvalue weighted by molar-refractivity contribution is 6.17. The van der Waals surface area contributed by atoms with Crippen molar-refractivity contribution in [3.05, 3.63) is 29.8 Å². The predicted molar refractivity (Wildman–Crippen MR) is 42.8 cm³/mol. The van der Waals surface area contributed by atoms with Crippen LogP contribution in [0.1, 0.15) is 5.56 Å². The fourth-order valence-electron chi connectivity index (χ4n) is 0.803.